The Hall–Kier alpha value is -3.08. The molecule has 132 valence electrons. The van der Waals surface area contributed by atoms with Gasteiger partial charge in [-0.2, -0.15) is 5.10 Å². The second-order valence-corrected chi connectivity index (χ2v) is 6.63. The molecule has 1 amide bonds. The Morgan fingerprint density at radius 3 is 2.65 bits per heavy atom. The molecule has 0 saturated heterocycles. The van der Waals surface area contributed by atoms with Gasteiger partial charge in [0.1, 0.15) is 11.2 Å². The summed E-state index contributed by atoms with van der Waals surface area (Å²) < 4.78 is 7.69. The largest absolute Gasteiger partial charge is 0.456 e. The molecule has 0 aliphatic rings. The Morgan fingerprint density at radius 1 is 1.12 bits per heavy atom. The minimum absolute atomic E-state index is 0.000182. The number of nitrogens with one attached hydrogen (secondary N) is 1. The zero-order valence-electron chi connectivity index (χ0n) is 15.2. The summed E-state index contributed by atoms with van der Waals surface area (Å²) in [7, 11) is 1.93. The highest BCUT2D eigenvalue weighted by Crippen LogP contribution is 2.30. The summed E-state index contributed by atoms with van der Waals surface area (Å²) in [6.07, 6.45) is 1.12. The summed E-state index contributed by atoms with van der Waals surface area (Å²) in [5, 5.41) is 9.47. The molecule has 26 heavy (non-hydrogen) atoms. The molecule has 0 bridgehead atoms. The lowest BCUT2D eigenvalue weighted by Crippen LogP contribution is -2.12. The number of carbonyl (C=O) groups is 1. The lowest BCUT2D eigenvalue weighted by atomic mass is 10.1. The van der Waals surface area contributed by atoms with Gasteiger partial charge in [-0.25, -0.2) is 0 Å². The van der Waals surface area contributed by atoms with Crippen molar-refractivity contribution in [3.63, 3.8) is 0 Å². The molecule has 4 rings (SSSR count). The van der Waals surface area contributed by atoms with Crippen molar-refractivity contribution in [2.45, 2.75) is 26.7 Å². The van der Waals surface area contributed by atoms with Crippen LogP contribution in [0.3, 0.4) is 0 Å². The van der Waals surface area contributed by atoms with E-state index in [1.165, 1.54) is 0 Å². The van der Waals surface area contributed by atoms with Crippen LogP contribution in [0.2, 0.25) is 0 Å². The lowest BCUT2D eigenvalue weighted by molar-refractivity contribution is -0.116. The number of carbonyl (C=O) groups excluding carboxylic acids is 1. The summed E-state index contributed by atoms with van der Waals surface area (Å²) in [6.45, 7) is 4.02. The number of anilines is 1. The highest BCUT2D eigenvalue weighted by atomic mass is 16.3. The molecule has 0 unspecified atom stereocenters. The topological polar surface area (TPSA) is 60.1 Å². The predicted molar refractivity (Wildman–Crippen MR) is 103 cm³/mol. The Morgan fingerprint density at radius 2 is 1.88 bits per heavy atom. The molecule has 2 heterocycles. The fourth-order valence-corrected chi connectivity index (χ4v) is 3.45. The number of amides is 1. The van der Waals surface area contributed by atoms with Gasteiger partial charge in [0.2, 0.25) is 5.91 Å². The first-order valence-corrected chi connectivity index (χ1v) is 8.73. The van der Waals surface area contributed by atoms with Gasteiger partial charge in [0, 0.05) is 35.6 Å². The summed E-state index contributed by atoms with van der Waals surface area (Å²) in [6, 6.07) is 13.7. The third-order valence-electron chi connectivity index (χ3n) is 4.92. The Balaban J connectivity index is 1.51. The van der Waals surface area contributed by atoms with Gasteiger partial charge in [0.05, 0.1) is 5.69 Å². The van der Waals surface area contributed by atoms with Crippen LogP contribution in [0, 0.1) is 13.8 Å². The number of nitrogens with zero attached hydrogens (tertiary/aromatic N) is 2. The van der Waals surface area contributed by atoms with Gasteiger partial charge in [-0.3, -0.25) is 9.48 Å². The van der Waals surface area contributed by atoms with Crippen LogP contribution >= 0.6 is 0 Å². The van der Waals surface area contributed by atoms with Crippen molar-refractivity contribution >= 4 is 33.5 Å². The van der Waals surface area contributed by atoms with E-state index >= 15 is 0 Å². The van der Waals surface area contributed by atoms with Crippen molar-refractivity contribution < 1.29 is 9.21 Å². The molecule has 2 aromatic heterocycles. The molecule has 0 radical (unpaired) electrons. The fourth-order valence-electron chi connectivity index (χ4n) is 3.45. The van der Waals surface area contributed by atoms with Crippen LogP contribution in [-0.4, -0.2) is 15.7 Å². The highest BCUT2D eigenvalue weighted by molar-refractivity contribution is 6.06. The molecule has 0 aliphatic heterocycles. The van der Waals surface area contributed by atoms with Crippen LogP contribution in [0.15, 0.2) is 46.9 Å². The van der Waals surface area contributed by atoms with Crippen LogP contribution in [0.25, 0.3) is 21.9 Å². The molecule has 5 nitrogen and oxygen atoms in total. The molecule has 0 saturated carbocycles. The minimum atomic E-state index is -0.000182. The van der Waals surface area contributed by atoms with Crippen LogP contribution < -0.4 is 5.32 Å². The van der Waals surface area contributed by atoms with Crippen LogP contribution in [0.5, 0.6) is 0 Å². The number of benzene rings is 2. The first-order valence-electron chi connectivity index (χ1n) is 8.73. The van der Waals surface area contributed by atoms with Crippen molar-refractivity contribution in [3.8, 4) is 0 Å². The summed E-state index contributed by atoms with van der Waals surface area (Å²) in [5.74, 6) is -0.000182. The molecular weight excluding hydrogens is 326 g/mol. The number of para-hydroxylation sites is 1. The van der Waals surface area contributed by atoms with Crippen molar-refractivity contribution in [2.75, 3.05) is 5.32 Å². The van der Waals surface area contributed by atoms with E-state index < -0.39 is 0 Å². The zero-order valence-corrected chi connectivity index (χ0v) is 15.2. The fraction of sp³-hybridized carbons (Fsp3) is 0.238. The number of fused-ring (bicyclic) bond motifs is 3. The van der Waals surface area contributed by atoms with Crippen LogP contribution in [0.1, 0.15) is 23.4 Å². The Kier molecular flexibility index (Phi) is 3.99. The molecule has 0 fully saturated rings. The van der Waals surface area contributed by atoms with Crippen molar-refractivity contribution in [3.05, 3.63) is 59.4 Å². The monoisotopic (exact) mass is 347 g/mol. The van der Waals surface area contributed by atoms with Gasteiger partial charge in [0.25, 0.3) is 0 Å². The summed E-state index contributed by atoms with van der Waals surface area (Å²) >= 11 is 0. The quantitative estimate of drug-likeness (QED) is 0.591. The Labute approximate surface area is 151 Å². The molecule has 2 aromatic carbocycles. The SMILES string of the molecule is Cc1nn(C)c(C)c1CCC(=O)Nc1ccc2oc3ccccc3c2c1. The highest BCUT2D eigenvalue weighted by Gasteiger charge is 2.12. The first kappa shape index (κ1) is 16.4. The standard InChI is InChI=1S/C21H21N3O2/c1-13-16(14(2)24(3)23-13)9-11-21(25)22-15-8-10-20-18(12-15)17-6-4-5-7-19(17)26-20/h4-8,10,12H,9,11H2,1-3H3,(H,22,25). The maximum absolute atomic E-state index is 12.4. The number of hydrogen-bond acceptors (Lipinski definition) is 3. The average molecular weight is 347 g/mol. The number of hydrogen-bond donors (Lipinski definition) is 1. The second kappa shape index (κ2) is 6.33. The normalized spacial score (nSPS) is 11.3. The number of furan rings is 1. The van der Waals surface area contributed by atoms with Gasteiger partial charge in [0.15, 0.2) is 0 Å². The second-order valence-electron chi connectivity index (χ2n) is 6.63. The van der Waals surface area contributed by atoms with E-state index in [0.717, 1.165) is 44.6 Å². The van der Waals surface area contributed by atoms with Crippen LogP contribution in [0.4, 0.5) is 5.69 Å². The third-order valence-corrected chi connectivity index (χ3v) is 4.92. The zero-order chi connectivity index (χ0) is 18.3. The maximum Gasteiger partial charge on any atom is 0.224 e. The molecule has 1 N–H and O–H groups in total. The number of aryl methyl sites for hydroxylation is 2. The van der Waals surface area contributed by atoms with E-state index in [2.05, 4.69) is 10.4 Å². The van der Waals surface area contributed by atoms with Gasteiger partial charge < -0.3 is 9.73 Å². The van der Waals surface area contributed by atoms with Crippen molar-refractivity contribution in [1.82, 2.24) is 9.78 Å². The van der Waals surface area contributed by atoms with Crippen LogP contribution in [-0.2, 0) is 18.3 Å². The molecule has 0 aliphatic carbocycles. The van der Waals surface area contributed by atoms with E-state index in [1.54, 1.807) is 0 Å². The summed E-state index contributed by atoms with van der Waals surface area (Å²) in [5.41, 5.74) is 5.72. The molecule has 5 heteroatoms. The first-order chi connectivity index (χ1) is 12.5. The van der Waals surface area contributed by atoms with E-state index in [-0.39, 0.29) is 5.91 Å². The van der Waals surface area contributed by atoms with E-state index in [1.807, 2.05) is 68.0 Å². The van der Waals surface area contributed by atoms with Crippen molar-refractivity contribution in [1.29, 1.82) is 0 Å². The third kappa shape index (κ3) is 2.86. The molecule has 4 aromatic rings. The van der Waals surface area contributed by atoms with Gasteiger partial charge in [-0.15, -0.1) is 0 Å². The van der Waals surface area contributed by atoms with E-state index in [4.69, 9.17) is 4.42 Å². The van der Waals surface area contributed by atoms with Gasteiger partial charge >= 0.3 is 0 Å². The molecule has 0 atom stereocenters. The van der Waals surface area contributed by atoms with Gasteiger partial charge in [-0.05, 0) is 50.1 Å². The van der Waals surface area contributed by atoms with E-state index in [9.17, 15) is 4.79 Å². The minimum Gasteiger partial charge on any atom is -0.456 e. The summed E-state index contributed by atoms with van der Waals surface area (Å²) in [4.78, 5) is 12.4. The predicted octanol–water partition coefficient (Wildman–Crippen LogP) is 4.51. The van der Waals surface area contributed by atoms with E-state index in [0.29, 0.717) is 12.8 Å². The maximum atomic E-state index is 12.4. The van der Waals surface area contributed by atoms with Gasteiger partial charge in [-0.1, -0.05) is 18.2 Å². The molecular formula is C21H21N3O2. The number of rotatable bonds is 4. The average Bonchev–Trinajstić information content (AvgIpc) is 3.10. The smallest absolute Gasteiger partial charge is 0.224 e. The molecule has 0 spiro atoms. The lowest BCUT2D eigenvalue weighted by Gasteiger charge is -2.06. The number of aromatic nitrogens is 2. The Bertz CT molecular complexity index is 1120. The van der Waals surface area contributed by atoms with Crippen molar-refractivity contribution in [2.24, 2.45) is 7.05 Å².